The Kier molecular flexibility index (Phi) is 8.85. The average molecular weight is 612 g/mol. The summed E-state index contributed by atoms with van der Waals surface area (Å²) in [6, 6.07) is 0.487. The molecule has 0 unspecified atom stereocenters. The zero-order valence-corrected chi connectivity index (χ0v) is 26.1. The first-order valence-electron chi connectivity index (χ1n) is 15.6. The number of carbonyl (C=O) groups excluding carboxylic acids is 3. The molecular formula is C33H45N3O8. The maximum atomic E-state index is 14.0. The number of amides is 1. The summed E-state index contributed by atoms with van der Waals surface area (Å²) in [7, 11) is 4.74. The summed E-state index contributed by atoms with van der Waals surface area (Å²) in [6.07, 6.45) is 7.74. The van der Waals surface area contributed by atoms with Gasteiger partial charge in [0.2, 0.25) is 5.78 Å². The number of aliphatic hydroxyl groups is 3. The molecule has 1 fully saturated rings. The number of ether oxygens (including phenoxy) is 1. The molecule has 4 atom stereocenters. The van der Waals surface area contributed by atoms with E-state index in [1.807, 2.05) is 0 Å². The molecule has 44 heavy (non-hydrogen) atoms. The lowest BCUT2D eigenvalue weighted by molar-refractivity contribution is -0.148. The van der Waals surface area contributed by atoms with Gasteiger partial charge in [-0.3, -0.25) is 24.2 Å². The van der Waals surface area contributed by atoms with Crippen LogP contribution in [0.5, 0.6) is 11.5 Å². The number of primary amides is 1. The van der Waals surface area contributed by atoms with Gasteiger partial charge >= 0.3 is 0 Å². The molecule has 1 saturated carbocycles. The quantitative estimate of drug-likeness (QED) is 0.261. The van der Waals surface area contributed by atoms with E-state index in [0.29, 0.717) is 17.9 Å². The molecule has 1 amide bonds. The van der Waals surface area contributed by atoms with Gasteiger partial charge in [0.1, 0.15) is 28.6 Å². The molecule has 0 bridgehead atoms. The third-order valence-electron chi connectivity index (χ3n) is 10.4. The monoisotopic (exact) mass is 611 g/mol. The number of fused-ring (bicyclic) bond motifs is 3. The number of aromatic hydroxyl groups is 1. The lowest BCUT2D eigenvalue weighted by Gasteiger charge is -2.50. The number of Topliss-reactive ketones (excluding diaryl/α,β-unsaturated/α-hetero) is 2. The van der Waals surface area contributed by atoms with Crippen LogP contribution in [-0.2, 0) is 22.6 Å². The Labute approximate surface area is 258 Å². The van der Waals surface area contributed by atoms with Crippen LogP contribution in [0.2, 0.25) is 0 Å². The normalized spacial score (nSPS) is 27.5. The predicted octanol–water partition coefficient (Wildman–Crippen LogP) is 2.92. The van der Waals surface area contributed by atoms with Crippen molar-refractivity contribution in [1.82, 2.24) is 9.80 Å². The molecule has 0 aromatic heterocycles. The number of likely N-dealkylation sites (N-methyl/N-ethyl adjacent to an activating group) is 1. The van der Waals surface area contributed by atoms with Crippen LogP contribution in [0.25, 0.3) is 0 Å². The number of nitrogens with zero attached hydrogens (tertiary/aromatic N) is 2. The molecule has 0 heterocycles. The number of hydrogen-bond acceptors (Lipinski definition) is 10. The van der Waals surface area contributed by atoms with Crippen LogP contribution < -0.4 is 10.5 Å². The van der Waals surface area contributed by atoms with E-state index in [1.165, 1.54) is 50.2 Å². The molecule has 0 spiro atoms. The maximum absolute atomic E-state index is 14.0. The second kappa shape index (κ2) is 12.2. The number of aliphatic hydroxyl groups excluding tert-OH is 2. The van der Waals surface area contributed by atoms with Gasteiger partial charge in [0.25, 0.3) is 5.91 Å². The molecule has 1 aromatic rings. The largest absolute Gasteiger partial charge is 0.510 e. The number of hydrogen-bond donors (Lipinski definition) is 5. The predicted molar refractivity (Wildman–Crippen MR) is 162 cm³/mol. The van der Waals surface area contributed by atoms with E-state index in [2.05, 4.69) is 11.8 Å². The number of nitrogens with two attached hydrogens (primary N) is 1. The highest BCUT2D eigenvalue weighted by Gasteiger charge is 2.63. The average Bonchev–Trinajstić information content (AvgIpc) is 2.97. The Morgan fingerprint density at radius 1 is 1.14 bits per heavy atom. The molecule has 4 aliphatic rings. The molecular weight excluding hydrogens is 566 g/mol. The molecule has 240 valence electrons. The van der Waals surface area contributed by atoms with Crippen molar-refractivity contribution in [2.45, 2.75) is 76.5 Å². The number of benzene rings is 1. The summed E-state index contributed by atoms with van der Waals surface area (Å²) in [6.45, 7) is 4.34. The number of rotatable bonds is 9. The van der Waals surface area contributed by atoms with Crippen LogP contribution in [0.15, 0.2) is 28.7 Å². The minimum Gasteiger partial charge on any atom is -0.510 e. The lowest BCUT2D eigenvalue weighted by Crippen LogP contribution is -2.63. The number of allylic oxidation sites excluding steroid dienone is 1. The fourth-order valence-corrected chi connectivity index (χ4v) is 8.17. The third kappa shape index (κ3) is 5.08. The third-order valence-corrected chi connectivity index (χ3v) is 10.4. The van der Waals surface area contributed by atoms with Crippen LogP contribution in [0.1, 0.15) is 73.4 Å². The molecule has 0 radical (unpaired) electrons. The zero-order chi connectivity index (χ0) is 32.1. The van der Waals surface area contributed by atoms with Crippen molar-refractivity contribution in [3.63, 3.8) is 0 Å². The van der Waals surface area contributed by atoms with Crippen molar-refractivity contribution in [3.8, 4) is 11.5 Å². The fourth-order valence-electron chi connectivity index (χ4n) is 8.17. The van der Waals surface area contributed by atoms with Crippen molar-refractivity contribution in [2.24, 2.45) is 23.5 Å². The van der Waals surface area contributed by atoms with Gasteiger partial charge in [0.05, 0.1) is 18.7 Å². The fraction of sp³-hybridized carbons (Fsp3) is 0.606. The summed E-state index contributed by atoms with van der Waals surface area (Å²) in [5, 5.41) is 45.4. The molecule has 6 N–H and O–H groups in total. The standard InChI is InChI=1S/C33H45N3O8/c1-5-36(12-11-17-9-7-6-8-10-17)16-19-15-22(37)24-20(29(19)44-4)13-18-14-21-26(35(2)3)28(39)25(32(34)42)31(41)33(21,43)30(40)23(18)27(24)38/h15,17-18,21,26,37,39-40,43H,5-14,16H2,1-4H3,(H2,34,42)/t18-,21-,26-,33-/m0/s1. The Balaban J connectivity index is 1.53. The lowest BCUT2D eigenvalue weighted by atomic mass is 9.58. The van der Waals surface area contributed by atoms with E-state index in [1.54, 1.807) is 14.1 Å². The van der Waals surface area contributed by atoms with Crippen LogP contribution in [0.3, 0.4) is 0 Å². The first-order valence-corrected chi connectivity index (χ1v) is 15.6. The Morgan fingerprint density at radius 3 is 2.41 bits per heavy atom. The van der Waals surface area contributed by atoms with Crippen molar-refractivity contribution >= 4 is 17.5 Å². The zero-order valence-electron chi connectivity index (χ0n) is 26.1. The molecule has 1 aromatic carbocycles. The van der Waals surface area contributed by atoms with E-state index in [4.69, 9.17) is 10.5 Å². The first kappa shape index (κ1) is 32.0. The van der Waals surface area contributed by atoms with Crippen LogP contribution in [0, 0.1) is 17.8 Å². The second-order valence-electron chi connectivity index (χ2n) is 13.1. The molecule has 11 nitrogen and oxygen atoms in total. The summed E-state index contributed by atoms with van der Waals surface area (Å²) in [5.41, 5.74) is 2.94. The highest BCUT2D eigenvalue weighted by atomic mass is 16.5. The number of phenolic OH excluding ortho intramolecular Hbond substituents is 1. The number of methoxy groups -OCH3 is 1. The van der Waals surface area contributed by atoms with Gasteiger partial charge in [-0.05, 0) is 64.3 Å². The van der Waals surface area contributed by atoms with Crippen LogP contribution >= 0.6 is 0 Å². The smallest absolute Gasteiger partial charge is 0.255 e. The van der Waals surface area contributed by atoms with Gasteiger partial charge in [-0.25, -0.2) is 0 Å². The van der Waals surface area contributed by atoms with E-state index >= 15 is 0 Å². The summed E-state index contributed by atoms with van der Waals surface area (Å²) < 4.78 is 5.87. The van der Waals surface area contributed by atoms with Crippen molar-refractivity contribution in [1.29, 1.82) is 0 Å². The Morgan fingerprint density at radius 2 is 1.82 bits per heavy atom. The molecule has 5 rings (SSSR count). The highest BCUT2D eigenvalue weighted by molar-refractivity contribution is 6.24. The van der Waals surface area contributed by atoms with Crippen LogP contribution in [0.4, 0.5) is 0 Å². The number of carbonyl (C=O) groups is 3. The molecule has 0 saturated heterocycles. The van der Waals surface area contributed by atoms with E-state index in [0.717, 1.165) is 31.0 Å². The minimum absolute atomic E-state index is 0.0301. The topological polar surface area (TPSA) is 174 Å². The molecule has 0 aliphatic heterocycles. The van der Waals surface area contributed by atoms with E-state index in [-0.39, 0.29) is 29.7 Å². The van der Waals surface area contributed by atoms with Gasteiger partial charge in [0.15, 0.2) is 11.4 Å². The number of phenols is 1. The van der Waals surface area contributed by atoms with Gasteiger partial charge < -0.3 is 30.9 Å². The van der Waals surface area contributed by atoms with Crippen molar-refractivity contribution in [2.75, 3.05) is 34.3 Å². The van der Waals surface area contributed by atoms with Gasteiger partial charge in [-0.2, -0.15) is 0 Å². The van der Waals surface area contributed by atoms with Crippen molar-refractivity contribution < 1.29 is 39.5 Å². The van der Waals surface area contributed by atoms with Gasteiger partial charge in [-0.1, -0.05) is 39.0 Å². The highest BCUT2D eigenvalue weighted by Crippen LogP contribution is 2.53. The van der Waals surface area contributed by atoms with Crippen LogP contribution in [-0.4, -0.2) is 93.6 Å². The SMILES string of the molecule is CCN(CCC1CCCCC1)Cc1cc(O)c2c(c1OC)C[C@H]1C[C@H]3[C@H](N(C)C)C(O)=C(C(N)=O)C(=O)[C@@]3(O)C(O)=C1C2=O. The summed E-state index contributed by atoms with van der Waals surface area (Å²) in [5.74, 6) is -5.47. The Hall–Kier alpha value is -3.41. The van der Waals surface area contributed by atoms with Gasteiger partial charge in [-0.15, -0.1) is 0 Å². The minimum atomic E-state index is -2.66. The van der Waals surface area contributed by atoms with E-state index in [9.17, 15) is 34.8 Å². The van der Waals surface area contributed by atoms with Gasteiger partial charge in [0, 0.05) is 29.2 Å². The van der Waals surface area contributed by atoms with Crippen molar-refractivity contribution in [3.05, 3.63) is 45.4 Å². The summed E-state index contributed by atoms with van der Waals surface area (Å²) >= 11 is 0. The maximum Gasteiger partial charge on any atom is 0.255 e. The molecule has 11 heteroatoms. The van der Waals surface area contributed by atoms with E-state index < -0.39 is 58.0 Å². The number of ketones is 2. The Bertz CT molecular complexity index is 1430. The second-order valence-corrected chi connectivity index (χ2v) is 13.1. The summed E-state index contributed by atoms with van der Waals surface area (Å²) in [4.78, 5) is 43.5. The first-order chi connectivity index (χ1) is 20.9. The molecule has 4 aliphatic carbocycles.